The minimum atomic E-state index is -1.21. The van der Waals surface area contributed by atoms with Crippen molar-refractivity contribution in [2.24, 2.45) is 17.9 Å². The number of phenolic OH excluding ortho intramolecular Hbond substituents is 1. The molecule has 0 bridgehead atoms. The third kappa shape index (κ3) is 2.62. The summed E-state index contributed by atoms with van der Waals surface area (Å²) in [6.07, 6.45) is 2.09. The van der Waals surface area contributed by atoms with Crippen LogP contribution in [-0.2, 0) is 23.2 Å². The van der Waals surface area contributed by atoms with Gasteiger partial charge in [0.25, 0.3) is 0 Å². The topological polar surface area (TPSA) is 103 Å². The fraction of sp³-hybridized carbons (Fsp3) is 0.379. The molecular weight excluding hydrogens is 470 g/mol. The van der Waals surface area contributed by atoms with E-state index in [1.807, 2.05) is 49.4 Å². The molecule has 1 fully saturated rings. The van der Waals surface area contributed by atoms with Crippen molar-refractivity contribution in [2.75, 3.05) is 0 Å². The van der Waals surface area contributed by atoms with Gasteiger partial charge in [-0.3, -0.25) is 9.59 Å². The molecule has 1 saturated carbocycles. The number of allylic oxidation sites excluding steroid dienone is 4. The van der Waals surface area contributed by atoms with Gasteiger partial charge in [-0.05, 0) is 42.4 Å². The quantitative estimate of drug-likeness (QED) is 0.517. The van der Waals surface area contributed by atoms with E-state index in [1.54, 1.807) is 20.8 Å². The van der Waals surface area contributed by atoms with Crippen LogP contribution in [0.1, 0.15) is 51.6 Å². The Bertz CT molecular complexity index is 1750. The monoisotopic (exact) mass is 499 g/mol. The van der Waals surface area contributed by atoms with Gasteiger partial charge in [-0.25, -0.2) is 23.5 Å². The third-order valence-electron chi connectivity index (χ3n) is 9.55. The first-order valence-corrected chi connectivity index (χ1v) is 12.5. The van der Waals surface area contributed by atoms with Crippen LogP contribution in [0.4, 0.5) is 0 Å². The van der Waals surface area contributed by atoms with Crippen molar-refractivity contribution in [3.63, 3.8) is 0 Å². The fourth-order valence-electron chi connectivity index (χ4n) is 7.16. The van der Waals surface area contributed by atoms with E-state index in [0.29, 0.717) is 22.1 Å². The predicted octanol–water partition coefficient (Wildman–Crippen LogP) is 3.38. The summed E-state index contributed by atoms with van der Waals surface area (Å²) < 4.78 is 3.90. The minimum absolute atomic E-state index is 0.0563. The number of hydrogen-bond donors (Lipinski definition) is 1. The molecule has 2 aliphatic carbocycles. The number of hydrogen-bond acceptors (Lipinski definition) is 5. The van der Waals surface area contributed by atoms with Crippen LogP contribution < -0.4 is 11.4 Å². The molecule has 37 heavy (non-hydrogen) atoms. The van der Waals surface area contributed by atoms with Crippen molar-refractivity contribution >= 4 is 22.3 Å². The maximum atomic E-state index is 14.2. The van der Waals surface area contributed by atoms with E-state index in [9.17, 15) is 24.3 Å². The predicted molar refractivity (Wildman–Crippen MR) is 139 cm³/mol. The molecule has 0 unspecified atom stereocenters. The lowest BCUT2D eigenvalue weighted by Crippen LogP contribution is -2.61. The molecule has 1 aliphatic heterocycles. The van der Waals surface area contributed by atoms with E-state index in [-0.39, 0.29) is 30.3 Å². The number of nitrogens with zero attached hydrogens (tertiary/aromatic N) is 3. The lowest BCUT2D eigenvalue weighted by atomic mass is 9.43. The van der Waals surface area contributed by atoms with Gasteiger partial charge in [0.05, 0.1) is 18.0 Å². The molecule has 2 heterocycles. The SMILES string of the molecule is CC1=C(C)C(=O)[C@@]2(C)[C@@H](c3ccc4ccccc4c3O)C3=CCn4c(=O)n(C)c(=O)n4[C@@H]3C[C@@]2(C)C1=O. The van der Waals surface area contributed by atoms with Gasteiger partial charge in [-0.1, -0.05) is 56.3 Å². The number of aromatic nitrogens is 3. The van der Waals surface area contributed by atoms with Crippen molar-refractivity contribution in [1.82, 2.24) is 13.9 Å². The minimum Gasteiger partial charge on any atom is -0.507 e. The molecule has 190 valence electrons. The molecule has 2 aromatic carbocycles. The zero-order chi connectivity index (χ0) is 26.6. The van der Waals surface area contributed by atoms with Gasteiger partial charge < -0.3 is 5.11 Å². The number of fused-ring (bicyclic) bond motifs is 5. The van der Waals surface area contributed by atoms with Crippen LogP contribution in [0.25, 0.3) is 10.8 Å². The van der Waals surface area contributed by atoms with E-state index in [2.05, 4.69) is 0 Å². The van der Waals surface area contributed by atoms with Crippen molar-refractivity contribution in [2.45, 2.75) is 52.6 Å². The first-order chi connectivity index (χ1) is 17.4. The lowest BCUT2D eigenvalue weighted by molar-refractivity contribution is -0.151. The summed E-state index contributed by atoms with van der Waals surface area (Å²) in [4.78, 5) is 54.3. The summed E-state index contributed by atoms with van der Waals surface area (Å²) in [5.41, 5.74) is -1.12. The van der Waals surface area contributed by atoms with Crippen molar-refractivity contribution in [3.8, 4) is 5.75 Å². The number of benzene rings is 2. The van der Waals surface area contributed by atoms with Crippen LogP contribution in [-0.4, -0.2) is 30.6 Å². The molecule has 3 aliphatic rings. The molecule has 0 radical (unpaired) electrons. The van der Waals surface area contributed by atoms with E-state index in [4.69, 9.17) is 0 Å². The Labute approximate surface area is 213 Å². The molecule has 0 saturated heterocycles. The van der Waals surface area contributed by atoms with Crippen molar-refractivity contribution in [3.05, 3.63) is 85.7 Å². The summed E-state index contributed by atoms with van der Waals surface area (Å²) in [6, 6.07) is 10.6. The second kappa shape index (κ2) is 7.31. The number of carbonyl (C=O) groups excluding carboxylic acids is 2. The smallest absolute Gasteiger partial charge is 0.347 e. The highest BCUT2D eigenvalue weighted by atomic mass is 16.3. The second-order valence-electron chi connectivity index (χ2n) is 11.1. The maximum Gasteiger partial charge on any atom is 0.347 e. The van der Waals surface area contributed by atoms with Crippen molar-refractivity contribution < 1.29 is 14.7 Å². The Balaban J connectivity index is 1.71. The van der Waals surface area contributed by atoms with Gasteiger partial charge in [0.2, 0.25) is 0 Å². The zero-order valence-corrected chi connectivity index (χ0v) is 21.5. The average molecular weight is 500 g/mol. The van der Waals surface area contributed by atoms with Crippen LogP contribution in [0.15, 0.2) is 68.8 Å². The summed E-state index contributed by atoms with van der Waals surface area (Å²) in [5.74, 6) is -0.899. The fourth-order valence-corrected chi connectivity index (χ4v) is 7.16. The Morgan fingerprint density at radius 1 is 0.919 bits per heavy atom. The molecule has 0 amide bonds. The molecule has 1 N–H and O–H groups in total. The Hall–Kier alpha value is -3.94. The Morgan fingerprint density at radius 2 is 1.59 bits per heavy atom. The molecule has 8 heteroatoms. The molecule has 1 aromatic heterocycles. The highest BCUT2D eigenvalue weighted by Crippen LogP contribution is 2.67. The van der Waals surface area contributed by atoms with Crippen LogP contribution in [0.2, 0.25) is 0 Å². The van der Waals surface area contributed by atoms with E-state index < -0.39 is 34.2 Å². The summed E-state index contributed by atoms with van der Waals surface area (Å²) in [6.45, 7) is 7.16. The largest absolute Gasteiger partial charge is 0.507 e. The Kier molecular flexibility index (Phi) is 4.63. The first kappa shape index (κ1) is 23.5. The standard InChI is InChI=1S/C29H29N3O5/c1-15-16(2)25(35)29(4)22(20-11-10-17-8-6-7-9-18(17)23(20)33)19-12-13-31-26(36)30(5)27(37)32(31)21(19)14-28(29,3)24(15)34/h6-12,21-22,33H,13-14H2,1-5H3/t21-,22-,28+,29-/m1/s1. The third-order valence-corrected chi connectivity index (χ3v) is 9.55. The van der Waals surface area contributed by atoms with Gasteiger partial charge in [-0.2, -0.15) is 0 Å². The maximum absolute atomic E-state index is 14.2. The number of rotatable bonds is 1. The lowest BCUT2D eigenvalue weighted by Gasteiger charge is -2.58. The zero-order valence-electron chi connectivity index (χ0n) is 21.5. The number of phenols is 1. The van der Waals surface area contributed by atoms with Crippen LogP contribution in [0, 0.1) is 10.8 Å². The van der Waals surface area contributed by atoms with Gasteiger partial charge in [-0.15, -0.1) is 0 Å². The highest BCUT2D eigenvalue weighted by molar-refractivity contribution is 6.17. The van der Waals surface area contributed by atoms with E-state index in [1.165, 1.54) is 16.4 Å². The second-order valence-corrected chi connectivity index (χ2v) is 11.1. The molecule has 6 rings (SSSR count). The molecule has 4 atom stereocenters. The normalized spacial score (nSPS) is 29.2. The van der Waals surface area contributed by atoms with Crippen LogP contribution in [0.3, 0.4) is 0 Å². The Morgan fingerprint density at radius 3 is 2.32 bits per heavy atom. The number of ketones is 2. The van der Waals surface area contributed by atoms with Gasteiger partial charge >= 0.3 is 11.4 Å². The van der Waals surface area contributed by atoms with E-state index >= 15 is 0 Å². The van der Waals surface area contributed by atoms with Gasteiger partial charge in [0, 0.05) is 29.3 Å². The molecular formula is C29H29N3O5. The molecule has 8 nitrogen and oxygen atoms in total. The number of Topliss-reactive ketones (excluding diaryl/α,β-unsaturated/α-hetero) is 2. The number of aromatic hydroxyl groups is 1. The van der Waals surface area contributed by atoms with Crippen LogP contribution in [0.5, 0.6) is 5.75 Å². The summed E-state index contributed by atoms with van der Waals surface area (Å²) >= 11 is 0. The summed E-state index contributed by atoms with van der Waals surface area (Å²) in [5, 5.41) is 13.1. The van der Waals surface area contributed by atoms with Gasteiger partial charge in [0.15, 0.2) is 11.6 Å². The van der Waals surface area contributed by atoms with Crippen LogP contribution >= 0.6 is 0 Å². The van der Waals surface area contributed by atoms with Gasteiger partial charge in [0.1, 0.15) is 5.75 Å². The molecule has 3 aromatic rings. The van der Waals surface area contributed by atoms with Crippen molar-refractivity contribution in [1.29, 1.82) is 0 Å². The number of carbonyl (C=O) groups is 2. The average Bonchev–Trinajstić information content (AvgIpc) is 3.11. The summed E-state index contributed by atoms with van der Waals surface area (Å²) in [7, 11) is 1.44. The molecule has 0 spiro atoms. The highest BCUT2D eigenvalue weighted by Gasteiger charge is 2.67. The first-order valence-electron chi connectivity index (χ1n) is 12.5. The van der Waals surface area contributed by atoms with E-state index in [0.717, 1.165) is 15.5 Å².